The molecule has 1 atom stereocenters. The molecule has 1 fully saturated rings. The van der Waals surface area contributed by atoms with E-state index in [1.54, 1.807) is 25.3 Å². The summed E-state index contributed by atoms with van der Waals surface area (Å²) in [7, 11) is -1.92. The maximum absolute atomic E-state index is 12.7. The zero-order chi connectivity index (χ0) is 19.2. The molecule has 0 radical (unpaired) electrons. The van der Waals surface area contributed by atoms with Crippen molar-refractivity contribution in [2.24, 2.45) is 0 Å². The molecule has 146 valence electrons. The number of sulfonamides is 1. The van der Waals surface area contributed by atoms with E-state index in [1.165, 1.54) is 4.31 Å². The van der Waals surface area contributed by atoms with Gasteiger partial charge in [-0.1, -0.05) is 13.3 Å². The van der Waals surface area contributed by atoms with Crippen molar-refractivity contribution in [2.75, 3.05) is 20.2 Å². The number of aryl methyl sites for hydroxylation is 1. The molecule has 1 N–H and O–H groups in total. The predicted molar refractivity (Wildman–Crippen MR) is 102 cm³/mol. The van der Waals surface area contributed by atoms with Gasteiger partial charge in [0.25, 0.3) is 0 Å². The average Bonchev–Trinajstić information content (AvgIpc) is 3.15. The maximum atomic E-state index is 12.7. The van der Waals surface area contributed by atoms with Crippen LogP contribution in [0.25, 0.3) is 0 Å². The minimum absolute atomic E-state index is 0.0270. The van der Waals surface area contributed by atoms with Gasteiger partial charge in [0.1, 0.15) is 5.75 Å². The summed E-state index contributed by atoms with van der Waals surface area (Å²) in [5.41, 5.74) is 0.742. The number of rotatable bonds is 9. The van der Waals surface area contributed by atoms with E-state index in [0.717, 1.165) is 31.2 Å². The number of carbonyl (C=O) groups excluding carboxylic acids is 1. The quantitative estimate of drug-likeness (QED) is 0.712. The molecule has 0 unspecified atom stereocenters. The Morgan fingerprint density at radius 2 is 2.00 bits per heavy atom. The molecule has 1 heterocycles. The van der Waals surface area contributed by atoms with Gasteiger partial charge in [0.15, 0.2) is 0 Å². The third-order valence-electron chi connectivity index (χ3n) is 4.71. The molecule has 1 aromatic carbocycles. The van der Waals surface area contributed by atoms with E-state index < -0.39 is 10.0 Å². The van der Waals surface area contributed by atoms with E-state index in [-0.39, 0.29) is 16.8 Å². The number of hydrogen-bond donors (Lipinski definition) is 1. The largest absolute Gasteiger partial charge is 0.496 e. The SMILES string of the molecule is CCC[C@@H](C)NC(=O)CCc1cc(S(=O)(=O)N2CCCC2)ccc1OC. The number of benzene rings is 1. The first-order valence-corrected chi connectivity index (χ1v) is 10.8. The van der Waals surface area contributed by atoms with Gasteiger partial charge < -0.3 is 10.1 Å². The van der Waals surface area contributed by atoms with Gasteiger partial charge in [-0.3, -0.25) is 4.79 Å². The summed E-state index contributed by atoms with van der Waals surface area (Å²) in [5, 5.41) is 2.97. The Kier molecular flexibility index (Phi) is 7.46. The van der Waals surface area contributed by atoms with Crippen LogP contribution < -0.4 is 10.1 Å². The molecule has 1 aromatic rings. The number of hydrogen-bond acceptors (Lipinski definition) is 4. The third kappa shape index (κ3) is 5.20. The van der Waals surface area contributed by atoms with Crippen LogP contribution in [0.3, 0.4) is 0 Å². The second kappa shape index (κ2) is 9.37. The molecule has 1 aliphatic rings. The standard InChI is InChI=1S/C19H30N2O4S/c1-4-7-15(2)20-19(22)11-8-16-14-17(9-10-18(16)25-3)26(23,24)21-12-5-6-13-21/h9-10,14-15H,4-8,11-13H2,1-3H3,(H,20,22)/t15-/m1/s1. The second-order valence-corrected chi connectivity index (χ2v) is 8.78. The van der Waals surface area contributed by atoms with E-state index in [0.29, 0.717) is 31.7 Å². The first-order valence-electron chi connectivity index (χ1n) is 9.35. The Morgan fingerprint density at radius 1 is 1.31 bits per heavy atom. The fourth-order valence-corrected chi connectivity index (χ4v) is 4.86. The first kappa shape index (κ1) is 20.7. The summed E-state index contributed by atoms with van der Waals surface area (Å²) in [5.74, 6) is 0.584. The van der Waals surface area contributed by atoms with Crippen molar-refractivity contribution in [1.82, 2.24) is 9.62 Å². The highest BCUT2D eigenvalue weighted by atomic mass is 32.2. The zero-order valence-corrected chi connectivity index (χ0v) is 16.8. The molecule has 1 saturated heterocycles. The minimum atomic E-state index is -3.47. The molecule has 0 saturated carbocycles. The number of nitrogens with one attached hydrogen (secondary N) is 1. The molecule has 7 heteroatoms. The summed E-state index contributed by atoms with van der Waals surface area (Å²) in [6.45, 7) is 5.22. The van der Waals surface area contributed by atoms with Gasteiger partial charge in [0.2, 0.25) is 15.9 Å². The highest BCUT2D eigenvalue weighted by Gasteiger charge is 2.27. The fourth-order valence-electron chi connectivity index (χ4n) is 3.29. The Morgan fingerprint density at radius 3 is 2.62 bits per heavy atom. The summed E-state index contributed by atoms with van der Waals surface area (Å²) >= 11 is 0. The Hall–Kier alpha value is -1.60. The van der Waals surface area contributed by atoms with Gasteiger partial charge in [-0.05, 0) is 56.4 Å². The average molecular weight is 383 g/mol. The fraction of sp³-hybridized carbons (Fsp3) is 0.632. The second-order valence-electron chi connectivity index (χ2n) is 6.84. The van der Waals surface area contributed by atoms with E-state index in [4.69, 9.17) is 4.74 Å². The minimum Gasteiger partial charge on any atom is -0.496 e. The van der Waals surface area contributed by atoms with Crippen LogP contribution in [0, 0.1) is 0 Å². The zero-order valence-electron chi connectivity index (χ0n) is 16.0. The molecule has 2 rings (SSSR count). The predicted octanol–water partition coefficient (Wildman–Crippen LogP) is 2.72. The monoisotopic (exact) mass is 382 g/mol. The van der Waals surface area contributed by atoms with Crippen molar-refractivity contribution < 1.29 is 17.9 Å². The molecule has 1 amide bonds. The van der Waals surface area contributed by atoms with E-state index in [2.05, 4.69) is 12.2 Å². The molecule has 0 bridgehead atoms. The number of amides is 1. The van der Waals surface area contributed by atoms with Gasteiger partial charge in [0.05, 0.1) is 12.0 Å². The lowest BCUT2D eigenvalue weighted by Gasteiger charge is -2.17. The van der Waals surface area contributed by atoms with Crippen LogP contribution in [-0.2, 0) is 21.2 Å². The van der Waals surface area contributed by atoms with Crippen molar-refractivity contribution in [3.8, 4) is 5.75 Å². The lowest BCUT2D eigenvalue weighted by molar-refractivity contribution is -0.121. The van der Waals surface area contributed by atoms with Crippen LogP contribution in [0.1, 0.15) is 51.5 Å². The topological polar surface area (TPSA) is 75.7 Å². The van der Waals surface area contributed by atoms with Crippen molar-refractivity contribution in [2.45, 2.75) is 63.3 Å². The Bertz CT molecular complexity index is 712. The Labute approximate surface area is 157 Å². The lowest BCUT2D eigenvalue weighted by atomic mass is 10.1. The highest BCUT2D eigenvalue weighted by molar-refractivity contribution is 7.89. The van der Waals surface area contributed by atoms with E-state index in [1.807, 2.05) is 6.92 Å². The molecular formula is C19H30N2O4S. The highest BCUT2D eigenvalue weighted by Crippen LogP contribution is 2.27. The smallest absolute Gasteiger partial charge is 0.243 e. The number of ether oxygens (including phenoxy) is 1. The number of methoxy groups -OCH3 is 1. The van der Waals surface area contributed by atoms with Crippen LogP contribution in [0.4, 0.5) is 0 Å². The van der Waals surface area contributed by atoms with Gasteiger partial charge in [-0.25, -0.2) is 8.42 Å². The summed E-state index contributed by atoms with van der Waals surface area (Å²) in [4.78, 5) is 12.4. The summed E-state index contributed by atoms with van der Waals surface area (Å²) in [6.07, 6.45) is 4.51. The molecule has 6 nitrogen and oxygen atoms in total. The molecule has 26 heavy (non-hydrogen) atoms. The normalized spacial score (nSPS) is 16.4. The number of carbonyl (C=O) groups is 1. The lowest BCUT2D eigenvalue weighted by Crippen LogP contribution is -2.32. The summed E-state index contributed by atoms with van der Waals surface area (Å²) < 4.78 is 32.4. The molecule has 0 aliphatic carbocycles. The van der Waals surface area contributed by atoms with Crippen molar-refractivity contribution in [3.63, 3.8) is 0 Å². The molecule has 0 spiro atoms. The van der Waals surface area contributed by atoms with Crippen molar-refractivity contribution >= 4 is 15.9 Å². The van der Waals surface area contributed by atoms with Crippen LogP contribution in [0.2, 0.25) is 0 Å². The molecular weight excluding hydrogens is 352 g/mol. The first-order chi connectivity index (χ1) is 12.4. The third-order valence-corrected chi connectivity index (χ3v) is 6.60. The van der Waals surface area contributed by atoms with E-state index in [9.17, 15) is 13.2 Å². The van der Waals surface area contributed by atoms with Gasteiger partial charge in [-0.2, -0.15) is 4.31 Å². The van der Waals surface area contributed by atoms with Gasteiger partial charge >= 0.3 is 0 Å². The van der Waals surface area contributed by atoms with Crippen LogP contribution >= 0.6 is 0 Å². The Balaban J connectivity index is 2.11. The van der Waals surface area contributed by atoms with Crippen LogP contribution in [-0.4, -0.2) is 44.9 Å². The maximum Gasteiger partial charge on any atom is 0.243 e. The van der Waals surface area contributed by atoms with Crippen LogP contribution in [0.15, 0.2) is 23.1 Å². The van der Waals surface area contributed by atoms with Crippen LogP contribution in [0.5, 0.6) is 5.75 Å². The molecule has 1 aliphatic heterocycles. The van der Waals surface area contributed by atoms with E-state index >= 15 is 0 Å². The molecule has 0 aromatic heterocycles. The van der Waals surface area contributed by atoms with Crippen molar-refractivity contribution in [3.05, 3.63) is 23.8 Å². The van der Waals surface area contributed by atoms with Gasteiger partial charge in [-0.15, -0.1) is 0 Å². The number of nitrogens with zero attached hydrogens (tertiary/aromatic N) is 1. The van der Waals surface area contributed by atoms with Gasteiger partial charge in [0, 0.05) is 25.6 Å². The summed E-state index contributed by atoms with van der Waals surface area (Å²) in [6, 6.07) is 5.06. The van der Waals surface area contributed by atoms with Crippen molar-refractivity contribution in [1.29, 1.82) is 0 Å².